The van der Waals surface area contributed by atoms with Crippen molar-refractivity contribution in [1.29, 1.82) is 0 Å². The van der Waals surface area contributed by atoms with E-state index >= 15 is 0 Å². The lowest BCUT2D eigenvalue weighted by Crippen LogP contribution is -2.50. The van der Waals surface area contributed by atoms with Crippen LogP contribution in [0.15, 0.2) is 30.3 Å². The van der Waals surface area contributed by atoms with E-state index in [1.165, 1.54) is 9.80 Å². The van der Waals surface area contributed by atoms with Crippen molar-refractivity contribution < 1.29 is 45.5 Å². The van der Waals surface area contributed by atoms with E-state index in [2.05, 4.69) is 0 Å². The standard InChI is InChI=1S/C30H31F6N3O4/c1-3-43-28(42)39-17(2)10-24(23-13-19-6-4-7-20(19)14-25(23)39)38(27(41)37-9-5-8-26(37)40)16-18-11-21(29(31,32)33)15-22(12-18)30(34,35)36/h11-15,17,24H,3-10,16H2,1-2H3. The van der Waals surface area contributed by atoms with E-state index in [-0.39, 0.29) is 37.6 Å². The molecule has 1 fully saturated rings. The van der Waals surface area contributed by atoms with Crippen molar-refractivity contribution in [3.05, 3.63) is 63.7 Å². The van der Waals surface area contributed by atoms with Gasteiger partial charge in [0.15, 0.2) is 0 Å². The summed E-state index contributed by atoms with van der Waals surface area (Å²) in [5.41, 5.74) is -0.378. The zero-order chi connectivity index (χ0) is 31.3. The Balaban J connectivity index is 1.65. The number of alkyl halides is 6. The number of nitrogens with zero attached hydrogens (tertiary/aromatic N) is 3. The van der Waals surface area contributed by atoms with Crippen molar-refractivity contribution in [3.8, 4) is 0 Å². The van der Waals surface area contributed by atoms with Crippen LogP contribution in [0, 0.1) is 0 Å². The number of ether oxygens (including phenoxy) is 1. The van der Waals surface area contributed by atoms with Crippen LogP contribution in [0.4, 0.5) is 41.6 Å². The van der Waals surface area contributed by atoms with Crippen LogP contribution in [-0.4, -0.2) is 47.0 Å². The minimum atomic E-state index is -5.07. The number of likely N-dealkylation sites (tertiary alicyclic amines) is 1. The maximum atomic E-state index is 14.0. The Bertz CT molecular complexity index is 1410. The highest BCUT2D eigenvalue weighted by molar-refractivity contribution is 5.96. The highest BCUT2D eigenvalue weighted by atomic mass is 19.4. The molecule has 5 rings (SSSR count). The first-order chi connectivity index (χ1) is 20.2. The van der Waals surface area contributed by atoms with Crippen LogP contribution in [-0.2, 0) is 41.3 Å². The second kappa shape index (κ2) is 11.4. The average molecular weight is 612 g/mol. The van der Waals surface area contributed by atoms with E-state index in [0.29, 0.717) is 29.8 Å². The summed E-state index contributed by atoms with van der Waals surface area (Å²) >= 11 is 0. The topological polar surface area (TPSA) is 70.2 Å². The number of carbonyl (C=O) groups is 3. The summed E-state index contributed by atoms with van der Waals surface area (Å²) in [5, 5.41) is 0. The molecule has 0 aromatic heterocycles. The summed E-state index contributed by atoms with van der Waals surface area (Å²) in [6, 6.07) is 2.75. The van der Waals surface area contributed by atoms with Crippen LogP contribution in [0.5, 0.6) is 0 Å². The molecule has 2 atom stereocenters. The first kappa shape index (κ1) is 30.7. The van der Waals surface area contributed by atoms with Crippen LogP contribution in [0.25, 0.3) is 0 Å². The van der Waals surface area contributed by atoms with Gasteiger partial charge in [0.1, 0.15) is 0 Å². The summed E-state index contributed by atoms with van der Waals surface area (Å²) in [5.74, 6) is -0.471. The predicted molar refractivity (Wildman–Crippen MR) is 143 cm³/mol. The van der Waals surface area contributed by atoms with Crippen LogP contribution in [0.1, 0.15) is 79.0 Å². The molecule has 2 heterocycles. The molecule has 7 nitrogen and oxygen atoms in total. The lowest BCUT2D eigenvalue weighted by molar-refractivity contribution is -0.143. The molecule has 13 heteroatoms. The van der Waals surface area contributed by atoms with Crippen molar-refractivity contribution in [2.75, 3.05) is 18.1 Å². The number of imide groups is 1. The Kier molecular flexibility index (Phi) is 8.12. The van der Waals surface area contributed by atoms with Gasteiger partial charge in [0.2, 0.25) is 5.91 Å². The molecular formula is C30H31F6N3O4. The summed E-state index contributed by atoms with van der Waals surface area (Å²) in [6.07, 6.45) is -7.75. The third kappa shape index (κ3) is 6.03. The SMILES string of the molecule is CCOC(=O)N1c2cc3c(cc2C(N(Cc2cc(C(F)(F)F)cc(C(F)(F)F)c2)C(=O)N2CCCC2=O)CC1C)CCC3. The Morgan fingerprint density at radius 2 is 1.56 bits per heavy atom. The second-order valence-electron chi connectivity index (χ2n) is 11.2. The molecule has 4 amide bonds. The minimum Gasteiger partial charge on any atom is -0.449 e. The van der Waals surface area contributed by atoms with Gasteiger partial charge in [0.05, 0.1) is 29.5 Å². The first-order valence-electron chi connectivity index (χ1n) is 14.2. The number of halogens is 6. The number of amides is 4. The van der Waals surface area contributed by atoms with Gasteiger partial charge in [0.25, 0.3) is 0 Å². The first-order valence-corrected chi connectivity index (χ1v) is 14.2. The van der Waals surface area contributed by atoms with Gasteiger partial charge in [0, 0.05) is 25.6 Å². The molecule has 1 saturated heterocycles. The number of carbonyl (C=O) groups excluding carboxylic acids is 3. The van der Waals surface area contributed by atoms with Gasteiger partial charge < -0.3 is 9.64 Å². The maximum Gasteiger partial charge on any atom is 0.416 e. The maximum absolute atomic E-state index is 14.0. The molecule has 0 spiro atoms. The van der Waals surface area contributed by atoms with Crippen molar-refractivity contribution in [1.82, 2.24) is 9.80 Å². The third-order valence-electron chi connectivity index (χ3n) is 8.26. The number of aryl methyl sites for hydroxylation is 2. The van der Waals surface area contributed by atoms with Crippen LogP contribution in [0.3, 0.4) is 0 Å². The van der Waals surface area contributed by atoms with Crippen molar-refractivity contribution in [2.24, 2.45) is 0 Å². The summed E-state index contributed by atoms with van der Waals surface area (Å²) in [7, 11) is 0. The highest BCUT2D eigenvalue weighted by Gasteiger charge is 2.43. The fourth-order valence-corrected chi connectivity index (χ4v) is 6.29. The summed E-state index contributed by atoms with van der Waals surface area (Å²) in [4.78, 5) is 43.3. The average Bonchev–Trinajstić information content (AvgIpc) is 3.57. The fourth-order valence-electron chi connectivity index (χ4n) is 6.29. The van der Waals surface area contributed by atoms with Gasteiger partial charge >= 0.3 is 24.5 Å². The molecule has 43 heavy (non-hydrogen) atoms. The zero-order valence-electron chi connectivity index (χ0n) is 23.6. The van der Waals surface area contributed by atoms with E-state index in [0.717, 1.165) is 35.3 Å². The van der Waals surface area contributed by atoms with Crippen molar-refractivity contribution in [2.45, 2.75) is 83.4 Å². The van der Waals surface area contributed by atoms with E-state index in [1.54, 1.807) is 13.8 Å². The quantitative estimate of drug-likeness (QED) is 0.342. The molecular weight excluding hydrogens is 580 g/mol. The molecule has 2 aliphatic heterocycles. The lowest BCUT2D eigenvalue weighted by Gasteiger charge is -2.44. The molecule has 2 aromatic rings. The third-order valence-corrected chi connectivity index (χ3v) is 8.26. The Hall–Kier alpha value is -3.77. The highest BCUT2D eigenvalue weighted by Crippen LogP contribution is 2.45. The Morgan fingerprint density at radius 3 is 2.12 bits per heavy atom. The number of anilines is 1. The molecule has 232 valence electrons. The molecule has 0 bridgehead atoms. The van der Waals surface area contributed by atoms with Gasteiger partial charge in [-0.05, 0) is 92.5 Å². The van der Waals surface area contributed by atoms with Crippen molar-refractivity contribution >= 4 is 23.7 Å². The molecule has 0 saturated carbocycles. The molecule has 0 N–H and O–H groups in total. The monoisotopic (exact) mass is 611 g/mol. The lowest BCUT2D eigenvalue weighted by atomic mass is 9.88. The fraction of sp³-hybridized carbons (Fsp3) is 0.500. The van der Waals surface area contributed by atoms with Gasteiger partial charge in [-0.25, -0.2) is 9.59 Å². The molecule has 2 unspecified atom stereocenters. The number of fused-ring (bicyclic) bond motifs is 2. The molecule has 1 aliphatic carbocycles. The van der Waals surface area contributed by atoms with Crippen LogP contribution >= 0.6 is 0 Å². The largest absolute Gasteiger partial charge is 0.449 e. The van der Waals surface area contributed by atoms with Crippen LogP contribution in [0.2, 0.25) is 0 Å². The van der Waals surface area contributed by atoms with Crippen LogP contribution < -0.4 is 4.90 Å². The second-order valence-corrected chi connectivity index (χ2v) is 11.2. The number of urea groups is 1. The predicted octanol–water partition coefficient (Wildman–Crippen LogP) is 7.25. The smallest absolute Gasteiger partial charge is 0.416 e. The molecule has 2 aromatic carbocycles. The Morgan fingerprint density at radius 1 is 0.930 bits per heavy atom. The van der Waals surface area contributed by atoms with Gasteiger partial charge in [-0.1, -0.05) is 6.07 Å². The summed E-state index contributed by atoms with van der Waals surface area (Å²) < 4.78 is 87.4. The molecule has 0 radical (unpaired) electrons. The van der Waals surface area contributed by atoms with Gasteiger partial charge in [-0.2, -0.15) is 26.3 Å². The Labute approximate surface area is 244 Å². The number of hydrogen-bond donors (Lipinski definition) is 0. The molecule has 3 aliphatic rings. The zero-order valence-corrected chi connectivity index (χ0v) is 23.6. The van der Waals surface area contributed by atoms with E-state index in [4.69, 9.17) is 4.74 Å². The summed E-state index contributed by atoms with van der Waals surface area (Å²) in [6.45, 7) is 2.97. The normalized spacial score (nSPS) is 20.2. The van der Waals surface area contributed by atoms with E-state index < -0.39 is 60.1 Å². The van der Waals surface area contributed by atoms with E-state index in [1.807, 2.05) is 12.1 Å². The number of rotatable bonds is 4. The van der Waals surface area contributed by atoms with Gasteiger partial charge in [-0.15, -0.1) is 0 Å². The van der Waals surface area contributed by atoms with Gasteiger partial charge in [-0.3, -0.25) is 14.6 Å². The number of benzene rings is 2. The van der Waals surface area contributed by atoms with E-state index in [9.17, 15) is 40.7 Å². The minimum absolute atomic E-state index is 0.0398. The number of hydrogen-bond acceptors (Lipinski definition) is 4. The van der Waals surface area contributed by atoms with Crippen molar-refractivity contribution in [3.63, 3.8) is 0 Å².